The maximum atomic E-state index is 11.7. The summed E-state index contributed by atoms with van der Waals surface area (Å²) in [5.41, 5.74) is 7.75. The van der Waals surface area contributed by atoms with E-state index in [2.05, 4.69) is 6.92 Å². The van der Waals surface area contributed by atoms with Crippen LogP contribution in [0.2, 0.25) is 0 Å². The van der Waals surface area contributed by atoms with Crippen molar-refractivity contribution in [1.29, 1.82) is 0 Å². The predicted octanol–water partition coefficient (Wildman–Crippen LogP) is 4.08. The van der Waals surface area contributed by atoms with Crippen molar-refractivity contribution in [2.45, 2.75) is 19.8 Å². The van der Waals surface area contributed by atoms with Gasteiger partial charge in [-0.1, -0.05) is 31.5 Å². The minimum absolute atomic E-state index is 0.185. The normalized spacial score (nSPS) is 11.2. The maximum absolute atomic E-state index is 11.7. The van der Waals surface area contributed by atoms with Gasteiger partial charge in [-0.05, 0) is 47.9 Å². The van der Waals surface area contributed by atoms with Crippen molar-refractivity contribution >= 4 is 23.3 Å². The van der Waals surface area contributed by atoms with Crippen LogP contribution in [0.4, 0.5) is 5.69 Å². The van der Waals surface area contributed by atoms with Gasteiger partial charge in [-0.15, -0.1) is 0 Å². The summed E-state index contributed by atoms with van der Waals surface area (Å²) in [7, 11) is 1.58. The first kappa shape index (κ1) is 18.4. The molecule has 0 saturated carbocycles. The van der Waals surface area contributed by atoms with Gasteiger partial charge < -0.3 is 20.3 Å². The molecule has 0 aromatic heterocycles. The highest BCUT2D eigenvalue weighted by molar-refractivity contribution is 6.20. The molecule has 0 heterocycles. The highest BCUT2D eigenvalue weighted by atomic mass is 16.5. The number of hydrogen-bond acceptors (Lipinski definition) is 4. The molecule has 0 aliphatic heterocycles. The molecule has 0 amide bonds. The van der Waals surface area contributed by atoms with Crippen molar-refractivity contribution in [3.05, 3.63) is 53.6 Å². The smallest absolute Gasteiger partial charge is 0.336 e. The Kier molecular flexibility index (Phi) is 6.46. The molecule has 0 radical (unpaired) electrons. The summed E-state index contributed by atoms with van der Waals surface area (Å²) < 4.78 is 11.1. The van der Waals surface area contributed by atoms with Crippen LogP contribution in [0.1, 0.15) is 30.9 Å². The average molecular weight is 341 g/mol. The van der Waals surface area contributed by atoms with Crippen molar-refractivity contribution in [2.24, 2.45) is 0 Å². The molecular formula is C20H23NO4. The number of hydrogen-bond donors (Lipinski definition) is 2. The van der Waals surface area contributed by atoms with Crippen molar-refractivity contribution in [3.8, 4) is 11.5 Å². The van der Waals surface area contributed by atoms with Gasteiger partial charge in [0.05, 0.1) is 19.3 Å². The summed E-state index contributed by atoms with van der Waals surface area (Å²) in [6, 6.07) is 12.1. The van der Waals surface area contributed by atoms with Gasteiger partial charge in [-0.25, -0.2) is 4.79 Å². The molecule has 0 fully saturated rings. The van der Waals surface area contributed by atoms with Crippen LogP contribution in [0.5, 0.6) is 11.5 Å². The zero-order valence-electron chi connectivity index (χ0n) is 14.5. The average Bonchev–Trinajstić information content (AvgIpc) is 2.61. The molecule has 132 valence electrons. The number of ether oxygens (including phenoxy) is 2. The minimum atomic E-state index is -1.01. The van der Waals surface area contributed by atoms with Gasteiger partial charge in [0.2, 0.25) is 0 Å². The second-order valence-electron chi connectivity index (χ2n) is 5.60. The molecule has 0 spiro atoms. The van der Waals surface area contributed by atoms with Gasteiger partial charge in [-0.2, -0.15) is 0 Å². The summed E-state index contributed by atoms with van der Waals surface area (Å²) in [5, 5.41) is 9.55. The molecule has 0 aliphatic carbocycles. The molecule has 0 saturated heterocycles. The van der Waals surface area contributed by atoms with E-state index in [1.54, 1.807) is 55.7 Å². The number of carboxylic acids is 1. The topological polar surface area (TPSA) is 81.8 Å². The van der Waals surface area contributed by atoms with Crippen LogP contribution in [0, 0.1) is 0 Å². The van der Waals surface area contributed by atoms with Crippen LogP contribution < -0.4 is 15.2 Å². The molecule has 2 aromatic carbocycles. The Bertz CT molecular complexity index is 751. The Labute approximate surface area is 147 Å². The Morgan fingerprint density at radius 1 is 1.16 bits per heavy atom. The highest BCUT2D eigenvalue weighted by Gasteiger charge is 2.12. The van der Waals surface area contributed by atoms with E-state index in [1.807, 2.05) is 0 Å². The Morgan fingerprint density at radius 3 is 2.48 bits per heavy atom. The largest absolute Gasteiger partial charge is 0.493 e. The van der Waals surface area contributed by atoms with Crippen LogP contribution in [0.25, 0.3) is 11.6 Å². The van der Waals surface area contributed by atoms with Crippen molar-refractivity contribution in [1.82, 2.24) is 0 Å². The van der Waals surface area contributed by atoms with Gasteiger partial charge in [0.25, 0.3) is 0 Å². The van der Waals surface area contributed by atoms with Gasteiger partial charge in [0.15, 0.2) is 11.5 Å². The third kappa shape index (κ3) is 5.01. The minimum Gasteiger partial charge on any atom is -0.493 e. The first-order valence-corrected chi connectivity index (χ1v) is 8.17. The fraction of sp³-hybridized carbons (Fsp3) is 0.250. The third-order valence-electron chi connectivity index (χ3n) is 3.71. The molecule has 0 atom stereocenters. The number of rotatable bonds is 8. The van der Waals surface area contributed by atoms with Crippen LogP contribution in [-0.2, 0) is 4.79 Å². The molecule has 5 heteroatoms. The summed E-state index contributed by atoms with van der Waals surface area (Å²) >= 11 is 0. The van der Waals surface area contributed by atoms with E-state index in [0.717, 1.165) is 18.4 Å². The zero-order valence-corrected chi connectivity index (χ0v) is 14.5. The first-order valence-electron chi connectivity index (χ1n) is 8.17. The molecule has 3 N–H and O–H groups in total. The van der Waals surface area contributed by atoms with E-state index in [0.29, 0.717) is 29.4 Å². The number of aliphatic carboxylic acids is 1. The van der Waals surface area contributed by atoms with Gasteiger partial charge in [-0.3, -0.25) is 0 Å². The lowest BCUT2D eigenvalue weighted by Crippen LogP contribution is -2.01. The molecule has 0 unspecified atom stereocenters. The molecule has 5 nitrogen and oxygen atoms in total. The van der Waals surface area contributed by atoms with E-state index in [4.69, 9.17) is 15.2 Å². The standard InChI is InChI=1S/C20H23NO4/c1-3-4-11-25-19-13-14(5-10-18(19)24-2)12-17(20(22)23)15-6-8-16(21)9-7-15/h5-10,12-13H,3-4,11,21H2,1-2H3,(H,22,23)/b17-12-. The lowest BCUT2D eigenvalue weighted by atomic mass is 10.0. The first-order chi connectivity index (χ1) is 12.0. The lowest BCUT2D eigenvalue weighted by molar-refractivity contribution is -0.130. The van der Waals surface area contributed by atoms with Crippen molar-refractivity contribution in [2.75, 3.05) is 19.5 Å². The highest BCUT2D eigenvalue weighted by Crippen LogP contribution is 2.30. The number of nitrogens with two attached hydrogens (primary N) is 1. The molecule has 0 aliphatic rings. The molecular weight excluding hydrogens is 318 g/mol. The van der Waals surface area contributed by atoms with Gasteiger partial charge in [0, 0.05) is 5.69 Å². The predicted molar refractivity (Wildman–Crippen MR) is 99.8 cm³/mol. The summed E-state index contributed by atoms with van der Waals surface area (Å²) in [6.07, 6.45) is 3.58. The van der Waals surface area contributed by atoms with Crippen LogP contribution in [-0.4, -0.2) is 24.8 Å². The summed E-state index contributed by atoms with van der Waals surface area (Å²) in [4.78, 5) is 11.7. The van der Waals surface area contributed by atoms with E-state index >= 15 is 0 Å². The Balaban J connectivity index is 2.37. The number of nitrogen functional groups attached to an aromatic ring is 1. The molecule has 2 aromatic rings. The molecule has 25 heavy (non-hydrogen) atoms. The second kappa shape index (κ2) is 8.78. The van der Waals surface area contributed by atoms with Crippen LogP contribution in [0.15, 0.2) is 42.5 Å². The van der Waals surface area contributed by atoms with Crippen molar-refractivity contribution < 1.29 is 19.4 Å². The zero-order chi connectivity index (χ0) is 18.2. The number of unbranched alkanes of at least 4 members (excludes halogenated alkanes) is 1. The number of carbonyl (C=O) groups is 1. The maximum Gasteiger partial charge on any atom is 0.336 e. The van der Waals surface area contributed by atoms with Gasteiger partial charge in [0.1, 0.15) is 0 Å². The quantitative estimate of drug-likeness (QED) is 0.327. The van der Waals surface area contributed by atoms with Gasteiger partial charge >= 0.3 is 5.97 Å². The van der Waals surface area contributed by atoms with E-state index < -0.39 is 5.97 Å². The number of anilines is 1. The summed E-state index contributed by atoms with van der Waals surface area (Å²) in [5.74, 6) is 0.221. The molecule has 0 bridgehead atoms. The fourth-order valence-electron chi connectivity index (χ4n) is 2.32. The molecule has 2 rings (SSSR count). The number of methoxy groups -OCH3 is 1. The fourth-order valence-corrected chi connectivity index (χ4v) is 2.32. The number of benzene rings is 2. The van der Waals surface area contributed by atoms with Crippen LogP contribution >= 0.6 is 0 Å². The van der Waals surface area contributed by atoms with Crippen molar-refractivity contribution in [3.63, 3.8) is 0 Å². The SMILES string of the molecule is CCCCOc1cc(/C=C(\C(=O)O)c2ccc(N)cc2)ccc1OC. The van der Waals surface area contributed by atoms with E-state index in [9.17, 15) is 9.90 Å². The second-order valence-corrected chi connectivity index (χ2v) is 5.60. The van der Waals surface area contributed by atoms with E-state index in [-0.39, 0.29) is 5.57 Å². The third-order valence-corrected chi connectivity index (χ3v) is 3.71. The summed E-state index contributed by atoms with van der Waals surface area (Å²) in [6.45, 7) is 2.68. The lowest BCUT2D eigenvalue weighted by Gasteiger charge is -2.11. The Hall–Kier alpha value is -2.95. The van der Waals surface area contributed by atoms with E-state index in [1.165, 1.54) is 0 Å². The Morgan fingerprint density at radius 2 is 1.88 bits per heavy atom. The monoisotopic (exact) mass is 341 g/mol. The van der Waals surface area contributed by atoms with Crippen LogP contribution in [0.3, 0.4) is 0 Å². The number of carboxylic acid groups (broad SMARTS) is 1.